The fourth-order valence-corrected chi connectivity index (χ4v) is 4.37. The maximum atomic E-state index is 12.9. The lowest BCUT2D eigenvalue weighted by molar-refractivity contribution is -0.137. The van der Waals surface area contributed by atoms with Crippen LogP contribution in [0.1, 0.15) is 18.9 Å². The van der Waals surface area contributed by atoms with Crippen LogP contribution in [0.4, 0.5) is 18.9 Å². The van der Waals surface area contributed by atoms with E-state index in [0.29, 0.717) is 0 Å². The normalized spacial score (nSPS) is 35.3. The Morgan fingerprint density at radius 2 is 1.96 bits per heavy atom. The van der Waals surface area contributed by atoms with Gasteiger partial charge in [0.15, 0.2) is 0 Å². The molecule has 6 heteroatoms. The SMILES string of the molecule is C[C@@]12C(=O)N(c3cccc(C(F)(F)F)c3)C(=O)[C@@H]1[C@H]1C=C[C@H]2C1. The number of carbonyl (C=O) groups excluding carboxylic acids is 2. The van der Waals surface area contributed by atoms with Gasteiger partial charge in [0.2, 0.25) is 11.8 Å². The average Bonchev–Trinajstić information content (AvgIpc) is 3.11. The molecule has 23 heavy (non-hydrogen) atoms. The third kappa shape index (κ3) is 1.72. The van der Waals surface area contributed by atoms with Crippen molar-refractivity contribution in [1.29, 1.82) is 0 Å². The molecule has 4 atom stereocenters. The summed E-state index contributed by atoms with van der Waals surface area (Å²) in [7, 11) is 0. The number of allylic oxidation sites excluding steroid dienone is 2. The van der Waals surface area contributed by atoms with Gasteiger partial charge in [-0.3, -0.25) is 9.59 Å². The molecule has 2 bridgehead atoms. The zero-order valence-corrected chi connectivity index (χ0v) is 12.3. The molecule has 120 valence electrons. The number of benzene rings is 1. The van der Waals surface area contributed by atoms with Gasteiger partial charge < -0.3 is 0 Å². The number of hydrogen-bond acceptors (Lipinski definition) is 2. The lowest BCUT2D eigenvalue weighted by atomic mass is 9.71. The van der Waals surface area contributed by atoms with Crippen molar-refractivity contribution in [3.8, 4) is 0 Å². The predicted octanol–water partition coefficient (Wildman–Crippen LogP) is 3.41. The predicted molar refractivity (Wildman–Crippen MR) is 76.3 cm³/mol. The lowest BCUT2D eigenvalue weighted by Gasteiger charge is -2.28. The smallest absolute Gasteiger partial charge is 0.274 e. The summed E-state index contributed by atoms with van der Waals surface area (Å²) in [6.45, 7) is 1.76. The number of nitrogens with zero attached hydrogens (tertiary/aromatic N) is 1. The van der Waals surface area contributed by atoms with Crippen molar-refractivity contribution >= 4 is 17.5 Å². The first-order valence-electron chi connectivity index (χ1n) is 7.48. The highest BCUT2D eigenvalue weighted by Gasteiger charge is 2.67. The van der Waals surface area contributed by atoms with Gasteiger partial charge in [0.25, 0.3) is 0 Å². The molecule has 3 aliphatic rings. The number of imide groups is 1. The molecule has 1 heterocycles. The van der Waals surface area contributed by atoms with E-state index >= 15 is 0 Å². The van der Waals surface area contributed by atoms with E-state index in [1.54, 1.807) is 6.92 Å². The summed E-state index contributed by atoms with van der Waals surface area (Å²) in [6, 6.07) is 4.41. The summed E-state index contributed by atoms with van der Waals surface area (Å²) in [4.78, 5) is 26.6. The highest BCUT2D eigenvalue weighted by molar-refractivity contribution is 6.24. The molecular weight excluding hydrogens is 307 g/mol. The summed E-state index contributed by atoms with van der Waals surface area (Å²) in [5, 5.41) is 0. The molecule has 0 spiro atoms. The topological polar surface area (TPSA) is 37.4 Å². The Morgan fingerprint density at radius 1 is 1.22 bits per heavy atom. The molecule has 1 aliphatic heterocycles. The standard InChI is InChI=1S/C17H14F3NO2/c1-16-10-6-5-9(7-10)13(16)14(22)21(15(16)23)12-4-2-3-11(8-12)17(18,19)20/h2-6,8-10,13H,7H2,1H3/t9-,10-,13-,16-/m0/s1. The van der Waals surface area contributed by atoms with E-state index in [9.17, 15) is 22.8 Å². The molecule has 1 saturated heterocycles. The van der Waals surface area contributed by atoms with Crippen molar-refractivity contribution in [3.63, 3.8) is 0 Å². The molecule has 1 aromatic carbocycles. The van der Waals surface area contributed by atoms with Gasteiger partial charge in [-0.2, -0.15) is 13.2 Å². The van der Waals surface area contributed by atoms with E-state index < -0.39 is 23.1 Å². The second-order valence-electron chi connectivity index (χ2n) is 6.68. The van der Waals surface area contributed by atoms with Gasteiger partial charge in [0, 0.05) is 0 Å². The Hall–Kier alpha value is -2.11. The molecule has 0 aromatic heterocycles. The number of anilines is 1. The number of alkyl halides is 3. The number of fused-ring (bicyclic) bond motifs is 5. The monoisotopic (exact) mass is 321 g/mol. The maximum Gasteiger partial charge on any atom is 0.416 e. The van der Waals surface area contributed by atoms with Gasteiger partial charge in [-0.05, 0) is 43.4 Å². The number of amides is 2. The van der Waals surface area contributed by atoms with Gasteiger partial charge in [0.1, 0.15) is 0 Å². The van der Waals surface area contributed by atoms with Crippen LogP contribution >= 0.6 is 0 Å². The lowest BCUT2D eigenvalue weighted by Crippen LogP contribution is -2.37. The summed E-state index contributed by atoms with van der Waals surface area (Å²) in [6.07, 6.45) is 0.178. The quantitative estimate of drug-likeness (QED) is 0.587. The van der Waals surface area contributed by atoms with E-state index in [2.05, 4.69) is 0 Å². The first-order valence-corrected chi connectivity index (χ1v) is 7.48. The average molecular weight is 321 g/mol. The maximum absolute atomic E-state index is 12.9. The van der Waals surface area contributed by atoms with Crippen LogP contribution in [0, 0.1) is 23.2 Å². The minimum absolute atomic E-state index is 0.00449. The minimum Gasteiger partial charge on any atom is -0.274 e. The van der Waals surface area contributed by atoms with Gasteiger partial charge in [0.05, 0.1) is 22.6 Å². The zero-order valence-electron chi connectivity index (χ0n) is 12.3. The number of hydrogen-bond donors (Lipinski definition) is 0. The molecule has 0 N–H and O–H groups in total. The third-order valence-electron chi connectivity index (χ3n) is 5.54. The number of halogens is 3. The molecule has 1 aromatic rings. The van der Waals surface area contributed by atoms with Crippen molar-refractivity contribution in [2.24, 2.45) is 23.2 Å². The highest BCUT2D eigenvalue weighted by atomic mass is 19.4. The molecule has 0 unspecified atom stereocenters. The second-order valence-corrected chi connectivity index (χ2v) is 6.68. The molecule has 2 aliphatic carbocycles. The molecule has 0 radical (unpaired) electrons. The molecule has 3 nitrogen and oxygen atoms in total. The fraction of sp³-hybridized carbons (Fsp3) is 0.412. The van der Waals surface area contributed by atoms with Gasteiger partial charge >= 0.3 is 6.18 Å². The van der Waals surface area contributed by atoms with Crippen LogP contribution in [0.25, 0.3) is 0 Å². The van der Waals surface area contributed by atoms with Crippen molar-refractivity contribution in [1.82, 2.24) is 0 Å². The highest BCUT2D eigenvalue weighted by Crippen LogP contribution is 2.60. The molecule has 4 rings (SSSR count). The summed E-state index contributed by atoms with van der Waals surface area (Å²) in [5.41, 5.74) is -1.69. The van der Waals surface area contributed by atoms with Gasteiger partial charge in [-0.1, -0.05) is 18.2 Å². The first kappa shape index (κ1) is 14.5. The fourth-order valence-electron chi connectivity index (χ4n) is 4.37. The van der Waals surface area contributed by atoms with E-state index in [1.807, 2.05) is 12.2 Å². The van der Waals surface area contributed by atoms with Crippen LogP contribution in [-0.2, 0) is 15.8 Å². The van der Waals surface area contributed by atoms with E-state index in [1.165, 1.54) is 12.1 Å². The first-order chi connectivity index (χ1) is 10.7. The van der Waals surface area contributed by atoms with Crippen molar-refractivity contribution < 1.29 is 22.8 Å². The molecular formula is C17H14F3NO2. The van der Waals surface area contributed by atoms with Crippen LogP contribution in [0.5, 0.6) is 0 Å². The van der Waals surface area contributed by atoms with Crippen LogP contribution in [0.2, 0.25) is 0 Å². The van der Waals surface area contributed by atoms with E-state index in [0.717, 1.165) is 23.5 Å². The van der Waals surface area contributed by atoms with Crippen LogP contribution in [0.3, 0.4) is 0 Å². The van der Waals surface area contributed by atoms with E-state index in [-0.39, 0.29) is 29.3 Å². The summed E-state index contributed by atoms with van der Waals surface area (Å²) in [5.74, 6) is -1.22. The summed E-state index contributed by atoms with van der Waals surface area (Å²) >= 11 is 0. The Balaban J connectivity index is 1.78. The molecule has 1 saturated carbocycles. The third-order valence-corrected chi connectivity index (χ3v) is 5.54. The van der Waals surface area contributed by atoms with Crippen LogP contribution in [-0.4, -0.2) is 11.8 Å². The van der Waals surface area contributed by atoms with E-state index in [4.69, 9.17) is 0 Å². The van der Waals surface area contributed by atoms with Crippen molar-refractivity contribution in [3.05, 3.63) is 42.0 Å². The Morgan fingerprint density at radius 3 is 2.61 bits per heavy atom. The molecule has 2 amide bonds. The molecule has 2 fully saturated rings. The Labute approximate surface area is 130 Å². The minimum atomic E-state index is -4.51. The summed E-state index contributed by atoms with van der Waals surface area (Å²) < 4.78 is 38.7. The number of carbonyl (C=O) groups is 2. The Bertz CT molecular complexity index is 754. The van der Waals surface area contributed by atoms with Crippen molar-refractivity contribution in [2.75, 3.05) is 4.90 Å². The second kappa shape index (κ2) is 4.24. The van der Waals surface area contributed by atoms with Gasteiger partial charge in [-0.15, -0.1) is 0 Å². The van der Waals surface area contributed by atoms with Crippen LogP contribution in [0.15, 0.2) is 36.4 Å². The zero-order chi connectivity index (χ0) is 16.6. The van der Waals surface area contributed by atoms with Crippen LogP contribution < -0.4 is 4.90 Å². The van der Waals surface area contributed by atoms with Crippen molar-refractivity contribution in [2.45, 2.75) is 19.5 Å². The number of rotatable bonds is 1. The van der Waals surface area contributed by atoms with Gasteiger partial charge in [-0.25, -0.2) is 4.90 Å². The largest absolute Gasteiger partial charge is 0.416 e. The Kier molecular flexibility index (Phi) is 2.67.